The van der Waals surface area contributed by atoms with Gasteiger partial charge in [-0.1, -0.05) is 43.2 Å². The first kappa shape index (κ1) is 44.5. The van der Waals surface area contributed by atoms with E-state index in [4.69, 9.17) is 28.8 Å². The molecule has 4 rings (SSSR count). The Balaban J connectivity index is 1.54. The van der Waals surface area contributed by atoms with Gasteiger partial charge in [0.05, 0.1) is 24.0 Å². The highest BCUT2D eigenvalue weighted by atomic mass is 35.5. The number of hydrogen-bond acceptors (Lipinski definition) is 10. The number of alkyl halides is 1. The standard InChI is InChI=1S/C38H56ClN9O7S/c39-22-29(49)34(52)25(13-9-19-43-37(41)42)44-35(53)27-14-10-20-47(27)36(54)28(21-24-11-3-1-4-12-24)48(31(50)16-5-2-8-18-40)32(51)17-7-6-15-30-33-26(23-56-30)45-38(55)46-33/h1,3-4,11-12,25-28,30,33H,2,5-10,13-23,40H2,(H,44,53)(H4,41,42,43)(H2,45,46,55). The largest absolute Gasteiger partial charge is 0.370 e. The minimum atomic E-state index is -1.24. The van der Waals surface area contributed by atoms with E-state index >= 15 is 0 Å². The smallest absolute Gasteiger partial charge is 0.315 e. The zero-order valence-electron chi connectivity index (χ0n) is 31.8. The number of imide groups is 1. The van der Waals surface area contributed by atoms with Crippen LogP contribution in [0.15, 0.2) is 35.3 Å². The summed E-state index contributed by atoms with van der Waals surface area (Å²) in [6.45, 7) is 0.811. The molecule has 1 aromatic carbocycles. The van der Waals surface area contributed by atoms with E-state index in [9.17, 15) is 33.6 Å². The van der Waals surface area contributed by atoms with E-state index in [-0.39, 0.29) is 80.9 Å². The Hall–Kier alpha value is -4.22. The van der Waals surface area contributed by atoms with E-state index in [0.29, 0.717) is 45.1 Å². The number of Topliss-reactive ketones (excluding diaryl/α,β-unsaturated/α-hetero) is 2. The SMILES string of the molecule is NCCCCCC(=O)N(C(=O)CCCCC1SCC2NC(=O)NC21)C(Cc1ccccc1)C(=O)N1CCCC1C(=O)NC(CCCN=C(N)N)C(=O)C(=O)CCl. The maximum atomic E-state index is 14.7. The molecule has 6 amide bonds. The number of amides is 6. The Kier molecular flexibility index (Phi) is 17.9. The van der Waals surface area contributed by atoms with Gasteiger partial charge in [0.15, 0.2) is 5.96 Å². The van der Waals surface area contributed by atoms with Crippen LogP contribution in [-0.4, -0.2) is 124 Å². The van der Waals surface area contributed by atoms with Crippen LogP contribution in [0.25, 0.3) is 0 Å². The van der Waals surface area contributed by atoms with Crippen LogP contribution >= 0.6 is 23.4 Å². The maximum absolute atomic E-state index is 14.7. The fourth-order valence-corrected chi connectivity index (χ4v) is 9.19. The van der Waals surface area contributed by atoms with Gasteiger partial charge in [0.2, 0.25) is 35.2 Å². The molecule has 0 saturated carbocycles. The maximum Gasteiger partial charge on any atom is 0.315 e. The molecule has 3 aliphatic rings. The number of nitrogens with two attached hydrogens (primary N) is 3. The van der Waals surface area contributed by atoms with Crippen molar-refractivity contribution in [3.8, 4) is 0 Å². The molecule has 1 aromatic rings. The number of nitrogens with one attached hydrogen (secondary N) is 3. The fraction of sp³-hybridized carbons (Fsp3) is 0.632. The number of carbonyl (C=O) groups excluding carboxylic acids is 7. The van der Waals surface area contributed by atoms with Crippen molar-refractivity contribution < 1.29 is 33.6 Å². The van der Waals surface area contributed by atoms with Gasteiger partial charge in [0, 0.05) is 43.4 Å². The number of benzene rings is 1. The molecule has 0 aromatic heterocycles. The summed E-state index contributed by atoms with van der Waals surface area (Å²) < 4.78 is 0. The molecule has 0 aliphatic carbocycles. The predicted molar refractivity (Wildman–Crippen MR) is 215 cm³/mol. The molecule has 0 bridgehead atoms. The van der Waals surface area contributed by atoms with E-state index in [1.165, 1.54) is 4.90 Å². The lowest BCUT2D eigenvalue weighted by Gasteiger charge is -2.35. The number of guanidine groups is 1. The van der Waals surface area contributed by atoms with Crippen molar-refractivity contribution in [3.05, 3.63) is 35.9 Å². The summed E-state index contributed by atoms with van der Waals surface area (Å²) in [7, 11) is 0. The van der Waals surface area contributed by atoms with Crippen LogP contribution in [0.3, 0.4) is 0 Å². The molecule has 3 saturated heterocycles. The molecule has 3 aliphatic heterocycles. The highest BCUT2D eigenvalue weighted by Crippen LogP contribution is 2.33. The van der Waals surface area contributed by atoms with Crippen LogP contribution in [0.5, 0.6) is 0 Å². The molecular formula is C38H56ClN9O7S. The summed E-state index contributed by atoms with van der Waals surface area (Å²) in [5.41, 5.74) is 17.2. The molecule has 308 valence electrons. The van der Waals surface area contributed by atoms with E-state index in [1.807, 2.05) is 30.3 Å². The number of rotatable bonds is 23. The summed E-state index contributed by atoms with van der Waals surface area (Å²) in [6.07, 6.45) is 4.99. The third-order valence-corrected chi connectivity index (χ3v) is 12.1. The summed E-state index contributed by atoms with van der Waals surface area (Å²) in [5.74, 6) is -3.75. The Labute approximate surface area is 337 Å². The summed E-state index contributed by atoms with van der Waals surface area (Å²) in [5, 5.41) is 8.79. The van der Waals surface area contributed by atoms with Crippen LogP contribution in [0.1, 0.15) is 82.6 Å². The third kappa shape index (κ3) is 12.6. The van der Waals surface area contributed by atoms with Gasteiger partial charge in [0.25, 0.3) is 0 Å². The lowest BCUT2D eigenvalue weighted by atomic mass is 9.99. The lowest BCUT2D eigenvalue weighted by molar-refractivity contribution is -0.156. The van der Waals surface area contributed by atoms with Gasteiger partial charge < -0.3 is 38.1 Å². The first-order valence-corrected chi connectivity index (χ1v) is 21.1. The Morgan fingerprint density at radius 1 is 0.982 bits per heavy atom. The fourth-order valence-electron chi connectivity index (χ4n) is 7.51. The van der Waals surface area contributed by atoms with E-state index < -0.39 is 59.2 Å². The molecule has 16 nitrogen and oxygen atoms in total. The van der Waals surface area contributed by atoms with E-state index in [0.717, 1.165) is 22.6 Å². The molecule has 0 radical (unpaired) electrons. The van der Waals surface area contributed by atoms with Gasteiger partial charge >= 0.3 is 6.03 Å². The average molecular weight is 818 g/mol. The number of nitrogens with zero attached hydrogens (tertiary/aromatic N) is 3. The average Bonchev–Trinajstić information content (AvgIpc) is 3.92. The Morgan fingerprint density at radius 2 is 1.70 bits per heavy atom. The van der Waals surface area contributed by atoms with Crippen LogP contribution in [-0.2, 0) is 35.2 Å². The highest BCUT2D eigenvalue weighted by Gasteiger charge is 2.44. The Morgan fingerprint density at radius 3 is 2.38 bits per heavy atom. The summed E-state index contributed by atoms with van der Waals surface area (Å²) >= 11 is 7.46. The number of carbonyl (C=O) groups is 7. The van der Waals surface area contributed by atoms with E-state index in [1.54, 1.807) is 11.8 Å². The van der Waals surface area contributed by atoms with Crippen molar-refractivity contribution in [2.75, 3.05) is 31.3 Å². The topological polar surface area (TPSA) is 252 Å². The van der Waals surface area contributed by atoms with Crippen molar-refractivity contribution >= 4 is 70.5 Å². The second-order valence-electron chi connectivity index (χ2n) is 14.5. The summed E-state index contributed by atoms with van der Waals surface area (Å²) in [4.78, 5) is 100. The Bertz CT molecular complexity index is 1580. The van der Waals surface area contributed by atoms with Crippen LogP contribution < -0.4 is 33.2 Å². The molecule has 3 fully saturated rings. The normalized spacial score (nSPS) is 21.0. The number of hydrogen-bond donors (Lipinski definition) is 6. The molecular weight excluding hydrogens is 762 g/mol. The number of urea groups is 1. The van der Waals surface area contributed by atoms with E-state index in [2.05, 4.69) is 20.9 Å². The predicted octanol–water partition coefficient (Wildman–Crippen LogP) is 1.10. The number of likely N-dealkylation sites (tertiary alicyclic amines) is 1. The highest BCUT2D eigenvalue weighted by molar-refractivity contribution is 8.00. The number of thioether (sulfide) groups is 1. The van der Waals surface area contributed by atoms with Crippen molar-refractivity contribution in [2.24, 2.45) is 22.2 Å². The van der Waals surface area contributed by atoms with Crippen LogP contribution in [0.2, 0.25) is 0 Å². The van der Waals surface area contributed by atoms with Crippen molar-refractivity contribution in [1.29, 1.82) is 0 Å². The number of fused-ring (bicyclic) bond motifs is 1. The minimum absolute atomic E-state index is 0.0331. The second-order valence-corrected chi connectivity index (χ2v) is 16.0. The van der Waals surface area contributed by atoms with Gasteiger partial charge in [-0.25, -0.2) is 4.79 Å². The second kappa shape index (κ2) is 22.5. The zero-order chi connectivity index (χ0) is 40.6. The third-order valence-electron chi connectivity index (χ3n) is 10.4. The van der Waals surface area contributed by atoms with Gasteiger partial charge in [-0.05, 0) is 63.5 Å². The molecule has 3 heterocycles. The van der Waals surface area contributed by atoms with Gasteiger partial charge in [0.1, 0.15) is 12.1 Å². The molecule has 0 spiro atoms. The zero-order valence-corrected chi connectivity index (χ0v) is 33.4. The molecule has 6 unspecified atom stereocenters. The first-order valence-electron chi connectivity index (χ1n) is 19.5. The van der Waals surface area contributed by atoms with Crippen molar-refractivity contribution in [3.63, 3.8) is 0 Å². The van der Waals surface area contributed by atoms with Gasteiger partial charge in [-0.3, -0.25) is 38.7 Å². The van der Waals surface area contributed by atoms with Gasteiger partial charge in [-0.2, -0.15) is 11.8 Å². The number of halogens is 1. The first-order chi connectivity index (χ1) is 26.9. The van der Waals surface area contributed by atoms with Crippen LogP contribution in [0, 0.1) is 0 Å². The summed E-state index contributed by atoms with van der Waals surface area (Å²) in [6, 6.07) is 5.57. The van der Waals surface area contributed by atoms with Crippen molar-refractivity contribution in [1.82, 2.24) is 25.8 Å². The molecule has 6 atom stereocenters. The number of aliphatic imine (C=N–C) groups is 1. The molecule has 56 heavy (non-hydrogen) atoms. The minimum Gasteiger partial charge on any atom is -0.370 e. The van der Waals surface area contributed by atoms with Gasteiger partial charge in [-0.15, -0.1) is 11.6 Å². The number of unbranched alkanes of at least 4 members (excludes halogenated alkanes) is 3. The monoisotopic (exact) mass is 817 g/mol. The van der Waals surface area contributed by atoms with Crippen LogP contribution in [0.4, 0.5) is 4.79 Å². The lowest BCUT2D eigenvalue weighted by Crippen LogP contribution is -2.58. The molecule has 9 N–H and O–H groups in total. The van der Waals surface area contributed by atoms with Crippen molar-refractivity contribution in [2.45, 2.75) is 119 Å². The quantitative estimate of drug-likeness (QED) is 0.0228. The number of ketones is 2. The molecule has 18 heteroatoms.